The summed E-state index contributed by atoms with van der Waals surface area (Å²) < 4.78 is 5.18. The summed E-state index contributed by atoms with van der Waals surface area (Å²) in [6, 6.07) is 0. The number of nitrogens with one attached hydrogen (secondary N) is 1. The van der Waals surface area contributed by atoms with Crippen LogP contribution in [0.2, 0.25) is 0 Å². The van der Waals surface area contributed by atoms with Crippen molar-refractivity contribution in [1.82, 2.24) is 15.5 Å². The van der Waals surface area contributed by atoms with E-state index in [1.807, 2.05) is 0 Å². The van der Waals surface area contributed by atoms with Crippen molar-refractivity contribution in [3.05, 3.63) is 23.4 Å². The second kappa shape index (κ2) is 5.97. The molecule has 21 heavy (non-hydrogen) atoms. The number of aliphatic hydroxyl groups is 1. The van der Waals surface area contributed by atoms with Crippen molar-refractivity contribution in [3.8, 4) is 0 Å². The predicted molar refractivity (Wildman–Crippen MR) is 75.5 cm³/mol. The van der Waals surface area contributed by atoms with E-state index in [9.17, 15) is 9.90 Å². The van der Waals surface area contributed by atoms with E-state index in [0.29, 0.717) is 24.7 Å². The molecule has 0 saturated heterocycles. The molecule has 2 saturated carbocycles. The molecule has 0 unspecified atom stereocenters. The lowest BCUT2D eigenvalue weighted by Crippen LogP contribution is -2.31. The summed E-state index contributed by atoms with van der Waals surface area (Å²) in [7, 11) is 0. The molecule has 6 heteroatoms. The molecular formula is C15H21N3O3. The molecule has 2 fully saturated rings. The Balaban J connectivity index is 1.51. The molecule has 0 bridgehead atoms. The van der Waals surface area contributed by atoms with Gasteiger partial charge in [-0.05, 0) is 39.0 Å². The van der Waals surface area contributed by atoms with Gasteiger partial charge in [0.25, 0.3) is 0 Å². The summed E-state index contributed by atoms with van der Waals surface area (Å²) in [6.45, 7) is 2.28. The Morgan fingerprint density at radius 3 is 2.90 bits per heavy atom. The number of hydrogen-bond acceptors (Lipinski definition) is 5. The first-order valence-electron chi connectivity index (χ1n) is 7.57. The molecule has 1 heterocycles. The van der Waals surface area contributed by atoms with Gasteiger partial charge in [-0.2, -0.15) is 4.98 Å². The highest BCUT2D eigenvalue weighted by Crippen LogP contribution is 2.37. The van der Waals surface area contributed by atoms with Crippen molar-refractivity contribution < 1.29 is 14.4 Å². The first-order chi connectivity index (χ1) is 10.1. The summed E-state index contributed by atoms with van der Waals surface area (Å²) >= 11 is 0. The lowest BCUT2D eigenvalue weighted by Gasteiger charge is -2.17. The molecule has 6 nitrogen and oxygen atoms in total. The summed E-state index contributed by atoms with van der Waals surface area (Å²) in [6.07, 6.45) is 5.91. The fourth-order valence-electron chi connectivity index (χ4n) is 3.00. The van der Waals surface area contributed by atoms with Crippen LogP contribution in [0.15, 0.2) is 16.2 Å². The predicted octanol–water partition coefficient (Wildman–Crippen LogP) is 1.46. The number of nitrogens with zero attached hydrogens (tertiary/aromatic N) is 2. The minimum atomic E-state index is -0.432. The topological polar surface area (TPSA) is 88.2 Å². The molecule has 2 aliphatic carbocycles. The minimum Gasteiger partial charge on any atom is -0.393 e. The first-order valence-corrected chi connectivity index (χ1v) is 7.57. The largest absolute Gasteiger partial charge is 0.393 e. The highest BCUT2D eigenvalue weighted by atomic mass is 16.5. The Morgan fingerprint density at radius 2 is 2.29 bits per heavy atom. The summed E-state index contributed by atoms with van der Waals surface area (Å²) in [4.78, 5) is 16.0. The van der Waals surface area contributed by atoms with Gasteiger partial charge in [0, 0.05) is 24.5 Å². The highest BCUT2D eigenvalue weighted by Gasteiger charge is 2.36. The zero-order valence-electron chi connectivity index (χ0n) is 12.2. The summed E-state index contributed by atoms with van der Waals surface area (Å²) in [5.74, 6) is 1.30. The number of aryl methyl sites for hydroxylation is 1. The van der Waals surface area contributed by atoms with Crippen LogP contribution in [0, 0.1) is 12.8 Å². The molecular weight excluding hydrogens is 270 g/mol. The number of allylic oxidation sites excluding steroid dienone is 1. The van der Waals surface area contributed by atoms with Crippen molar-refractivity contribution in [3.63, 3.8) is 0 Å². The van der Waals surface area contributed by atoms with Gasteiger partial charge in [-0.3, -0.25) is 4.79 Å². The molecule has 0 spiro atoms. The molecule has 0 aliphatic heterocycles. The monoisotopic (exact) mass is 291 g/mol. The van der Waals surface area contributed by atoms with Crippen LogP contribution >= 0.6 is 0 Å². The van der Waals surface area contributed by atoms with Crippen LogP contribution in [0.4, 0.5) is 0 Å². The van der Waals surface area contributed by atoms with Crippen molar-refractivity contribution in [2.45, 2.75) is 51.0 Å². The Bertz CT molecular complexity index is 546. The maximum absolute atomic E-state index is 11.8. The molecule has 2 aliphatic rings. The van der Waals surface area contributed by atoms with Gasteiger partial charge in [0.05, 0.1) is 6.10 Å². The fourth-order valence-corrected chi connectivity index (χ4v) is 3.00. The van der Waals surface area contributed by atoms with Crippen molar-refractivity contribution in [1.29, 1.82) is 0 Å². The third kappa shape index (κ3) is 3.32. The Morgan fingerprint density at radius 1 is 1.48 bits per heavy atom. The SMILES string of the molecule is Cc1noc([C@H]2C[C@H](CNC(=O)C=C3CCC3)[C@H](O)C2)n1. The average molecular weight is 291 g/mol. The molecule has 0 aromatic carbocycles. The van der Waals surface area contributed by atoms with E-state index in [4.69, 9.17) is 4.52 Å². The van der Waals surface area contributed by atoms with Gasteiger partial charge < -0.3 is 14.9 Å². The zero-order chi connectivity index (χ0) is 14.8. The van der Waals surface area contributed by atoms with Crippen LogP contribution in [-0.2, 0) is 4.79 Å². The normalized spacial score (nSPS) is 28.3. The van der Waals surface area contributed by atoms with Crippen LogP contribution in [0.1, 0.15) is 49.7 Å². The van der Waals surface area contributed by atoms with E-state index in [1.165, 1.54) is 12.0 Å². The van der Waals surface area contributed by atoms with Crippen LogP contribution in [-0.4, -0.2) is 33.8 Å². The third-order valence-electron chi connectivity index (χ3n) is 4.42. The zero-order valence-corrected chi connectivity index (χ0v) is 12.2. The Labute approximate surface area is 123 Å². The maximum Gasteiger partial charge on any atom is 0.243 e. The van der Waals surface area contributed by atoms with E-state index < -0.39 is 6.10 Å². The second-order valence-electron chi connectivity index (χ2n) is 6.08. The number of rotatable bonds is 4. The van der Waals surface area contributed by atoms with E-state index >= 15 is 0 Å². The van der Waals surface area contributed by atoms with Crippen molar-refractivity contribution in [2.75, 3.05) is 6.54 Å². The molecule has 3 rings (SSSR count). The van der Waals surface area contributed by atoms with E-state index in [-0.39, 0.29) is 17.7 Å². The number of aliphatic hydroxyl groups excluding tert-OH is 1. The molecule has 1 aromatic rings. The number of carbonyl (C=O) groups is 1. The van der Waals surface area contributed by atoms with Crippen LogP contribution in [0.5, 0.6) is 0 Å². The van der Waals surface area contributed by atoms with E-state index in [0.717, 1.165) is 19.3 Å². The highest BCUT2D eigenvalue weighted by molar-refractivity contribution is 5.88. The summed E-state index contributed by atoms with van der Waals surface area (Å²) in [5.41, 5.74) is 1.22. The van der Waals surface area contributed by atoms with Crippen molar-refractivity contribution in [2.24, 2.45) is 5.92 Å². The standard InChI is InChI=1S/C15H21N3O3/c1-9-17-15(21-18-9)11-6-12(13(19)7-11)8-16-14(20)5-10-3-2-4-10/h5,11-13,19H,2-4,6-8H2,1H3,(H,16,20)/t11-,12+,13+/m0/s1. The number of aromatic nitrogens is 2. The molecule has 1 aromatic heterocycles. The fraction of sp³-hybridized carbons (Fsp3) is 0.667. The van der Waals surface area contributed by atoms with Gasteiger partial charge in [0.1, 0.15) is 0 Å². The van der Waals surface area contributed by atoms with Crippen molar-refractivity contribution >= 4 is 5.91 Å². The quantitative estimate of drug-likeness (QED) is 0.820. The van der Waals surface area contributed by atoms with Gasteiger partial charge in [0.15, 0.2) is 5.82 Å². The molecule has 114 valence electrons. The number of carbonyl (C=O) groups excluding carboxylic acids is 1. The first kappa shape index (κ1) is 14.3. The Hall–Kier alpha value is -1.69. The smallest absolute Gasteiger partial charge is 0.243 e. The molecule has 1 amide bonds. The molecule has 3 atom stereocenters. The minimum absolute atomic E-state index is 0.0472. The average Bonchev–Trinajstić information content (AvgIpc) is 2.98. The number of amides is 1. The van der Waals surface area contributed by atoms with E-state index in [1.54, 1.807) is 13.0 Å². The molecule has 0 radical (unpaired) electrons. The lowest BCUT2D eigenvalue weighted by atomic mass is 9.92. The van der Waals surface area contributed by atoms with Crippen LogP contribution in [0.3, 0.4) is 0 Å². The van der Waals surface area contributed by atoms with Gasteiger partial charge in [-0.15, -0.1) is 0 Å². The van der Waals surface area contributed by atoms with Gasteiger partial charge in [-0.25, -0.2) is 0 Å². The number of hydrogen-bond donors (Lipinski definition) is 2. The van der Waals surface area contributed by atoms with Gasteiger partial charge in [0.2, 0.25) is 11.8 Å². The third-order valence-corrected chi connectivity index (χ3v) is 4.42. The summed E-state index contributed by atoms with van der Waals surface area (Å²) in [5, 5.41) is 16.8. The Kier molecular flexibility index (Phi) is 4.05. The lowest BCUT2D eigenvalue weighted by molar-refractivity contribution is -0.116. The van der Waals surface area contributed by atoms with Crippen LogP contribution in [0.25, 0.3) is 0 Å². The second-order valence-corrected chi connectivity index (χ2v) is 6.08. The molecule has 2 N–H and O–H groups in total. The van der Waals surface area contributed by atoms with Gasteiger partial charge >= 0.3 is 0 Å². The van der Waals surface area contributed by atoms with E-state index in [2.05, 4.69) is 15.5 Å². The maximum atomic E-state index is 11.8. The van der Waals surface area contributed by atoms with Gasteiger partial charge in [-0.1, -0.05) is 10.7 Å². The van der Waals surface area contributed by atoms with Crippen LogP contribution < -0.4 is 5.32 Å².